The second-order valence-corrected chi connectivity index (χ2v) is 9.23. The summed E-state index contributed by atoms with van der Waals surface area (Å²) in [6.45, 7) is 7.09. The Kier molecular flexibility index (Phi) is 6.93. The Labute approximate surface area is 197 Å². The van der Waals surface area contributed by atoms with E-state index in [9.17, 15) is 4.79 Å². The molecular formula is C25H26N4O3S. The first-order valence-electron chi connectivity index (χ1n) is 10.8. The van der Waals surface area contributed by atoms with Crippen molar-refractivity contribution in [3.63, 3.8) is 0 Å². The molecule has 1 N–H and O–H groups in total. The maximum Gasteiger partial charge on any atom is 0.283 e. The number of fused-ring (bicyclic) bond motifs is 1. The molecule has 4 rings (SSSR count). The van der Waals surface area contributed by atoms with E-state index in [-0.39, 0.29) is 11.4 Å². The van der Waals surface area contributed by atoms with Gasteiger partial charge in [0.05, 0.1) is 5.57 Å². The predicted octanol–water partition coefficient (Wildman–Crippen LogP) is 5.12. The summed E-state index contributed by atoms with van der Waals surface area (Å²) in [6.07, 6.45) is 2.45. The van der Waals surface area contributed by atoms with Gasteiger partial charge in [0, 0.05) is 6.42 Å². The quantitative estimate of drug-likeness (QED) is 0.435. The van der Waals surface area contributed by atoms with Gasteiger partial charge in [0.25, 0.3) is 5.91 Å². The van der Waals surface area contributed by atoms with Gasteiger partial charge in [-0.05, 0) is 66.1 Å². The zero-order valence-electron chi connectivity index (χ0n) is 18.9. The van der Waals surface area contributed by atoms with Crippen molar-refractivity contribution in [2.75, 3.05) is 13.2 Å². The lowest BCUT2D eigenvalue weighted by Gasteiger charge is -2.20. The zero-order chi connectivity index (χ0) is 23.4. The van der Waals surface area contributed by atoms with E-state index in [1.807, 2.05) is 55.5 Å². The molecule has 0 unspecified atom stereocenters. The van der Waals surface area contributed by atoms with E-state index >= 15 is 0 Å². The number of hydrazone groups is 1. The second-order valence-electron chi connectivity index (χ2n) is 8.19. The number of rotatable bonds is 8. The average Bonchev–Trinajstić information content (AvgIpc) is 3.17. The molecule has 2 aliphatic rings. The number of benzene rings is 2. The third-order valence-electron chi connectivity index (χ3n) is 4.88. The fraction of sp³-hybridized carbons (Fsp3) is 0.280. The van der Waals surface area contributed by atoms with Crippen LogP contribution in [-0.2, 0) is 4.79 Å². The van der Waals surface area contributed by atoms with Gasteiger partial charge in [-0.1, -0.05) is 38.1 Å². The minimum atomic E-state index is -0.423. The number of nitrogens with zero attached hydrogens (tertiary/aromatic N) is 3. The van der Waals surface area contributed by atoms with Crippen LogP contribution in [0.25, 0.3) is 6.08 Å². The molecular weight excluding hydrogens is 436 g/mol. The Hall–Kier alpha value is -3.39. The molecule has 2 heterocycles. The normalized spacial score (nSPS) is 16.7. The van der Waals surface area contributed by atoms with Gasteiger partial charge >= 0.3 is 0 Å². The Balaban J connectivity index is 1.36. The van der Waals surface area contributed by atoms with Gasteiger partial charge in [-0.15, -0.1) is 0 Å². The van der Waals surface area contributed by atoms with E-state index in [0.717, 1.165) is 28.3 Å². The van der Waals surface area contributed by atoms with Gasteiger partial charge in [0.2, 0.25) is 5.17 Å². The maximum absolute atomic E-state index is 12.5. The highest BCUT2D eigenvalue weighted by Gasteiger charge is 2.35. The number of nitrogens with one attached hydrogen (secondary N) is 1. The van der Waals surface area contributed by atoms with Crippen molar-refractivity contribution in [1.29, 1.82) is 5.41 Å². The van der Waals surface area contributed by atoms with Gasteiger partial charge in [-0.2, -0.15) is 15.1 Å². The van der Waals surface area contributed by atoms with Crippen LogP contribution in [0, 0.1) is 18.3 Å². The minimum absolute atomic E-state index is 0.0462. The number of hydrogen-bond acceptors (Lipinski definition) is 6. The molecule has 7 nitrogen and oxygen atoms in total. The number of carbonyl (C=O) groups excluding carboxylic acids is 1. The smallest absolute Gasteiger partial charge is 0.283 e. The third kappa shape index (κ3) is 5.70. The van der Waals surface area contributed by atoms with Crippen LogP contribution in [0.15, 0.2) is 64.2 Å². The number of aryl methyl sites for hydroxylation is 1. The summed E-state index contributed by atoms with van der Waals surface area (Å²) in [4.78, 5) is 16.7. The molecule has 0 fully saturated rings. The second kappa shape index (κ2) is 10.0. The van der Waals surface area contributed by atoms with Gasteiger partial charge in [0.1, 0.15) is 29.8 Å². The van der Waals surface area contributed by atoms with Gasteiger partial charge in [-0.25, -0.2) is 0 Å². The number of thioether (sulfide) groups is 1. The molecule has 0 aromatic heterocycles. The first-order chi connectivity index (χ1) is 15.9. The largest absolute Gasteiger partial charge is 0.490 e. The molecule has 0 bridgehead atoms. The van der Waals surface area contributed by atoms with E-state index in [1.165, 1.54) is 16.8 Å². The van der Waals surface area contributed by atoms with E-state index in [0.29, 0.717) is 30.0 Å². The summed E-state index contributed by atoms with van der Waals surface area (Å²) < 4.78 is 11.4. The Morgan fingerprint density at radius 3 is 2.52 bits per heavy atom. The van der Waals surface area contributed by atoms with E-state index < -0.39 is 5.91 Å². The lowest BCUT2D eigenvalue weighted by molar-refractivity contribution is -0.114. The van der Waals surface area contributed by atoms with Gasteiger partial charge in [0.15, 0.2) is 5.84 Å². The van der Waals surface area contributed by atoms with Crippen LogP contribution in [-0.4, -0.2) is 40.2 Å². The fourth-order valence-electron chi connectivity index (χ4n) is 3.31. The van der Waals surface area contributed by atoms with E-state index in [4.69, 9.17) is 14.9 Å². The van der Waals surface area contributed by atoms with E-state index in [1.54, 1.807) is 6.08 Å². The first-order valence-corrected chi connectivity index (χ1v) is 11.6. The van der Waals surface area contributed by atoms with Crippen molar-refractivity contribution in [2.45, 2.75) is 27.2 Å². The van der Waals surface area contributed by atoms with Crippen LogP contribution in [0.2, 0.25) is 0 Å². The molecule has 0 atom stereocenters. The summed E-state index contributed by atoms with van der Waals surface area (Å²) in [5.74, 6) is 1.59. The molecule has 0 saturated heterocycles. The number of amidine groups is 2. The first kappa shape index (κ1) is 22.8. The van der Waals surface area contributed by atoms with Crippen LogP contribution in [0.5, 0.6) is 11.5 Å². The van der Waals surface area contributed by atoms with Crippen LogP contribution in [0.1, 0.15) is 31.4 Å². The maximum atomic E-state index is 12.5. The highest BCUT2D eigenvalue weighted by Crippen LogP contribution is 2.30. The van der Waals surface area contributed by atoms with E-state index in [2.05, 4.69) is 23.9 Å². The minimum Gasteiger partial charge on any atom is -0.490 e. The molecule has 170 valence electrons. The molecule has 2 aliphatic heterocycles. The average molecular weight is 463 g/mol. The van der Waals surface area contributed by atoms with Crippen molar-refractivity contribution in [2.24, 2.45) is 16.0 Å². The van der Waals surface area contributed by atoms with Crippen molar-refractivity contribution >= 4 is 39.8 Å². The van der Waals surface area contributed by atoms with Gasteiger partial charge in [-0.3, -0.25) is 10.2 Å². The number of aliphatic imine (C=N–C) groups is 1. The molecule has 0 spiro atoms. The number of carbonyl (C=O) groups is 1. The number of ether oxygens (including phenoxy) is 2. The SMILES string of the molecule is Cc1cccc(OCCOc2ccc(C=C3C(=N)N4N=C(CC(C)C)SC4=NC3=O)cc2)c1. The summed E-state index contributed by atoms with van der Waals surface area (Å²) in [6, 6.07) is 15.2. The fourth-order valence-corrected chi connectivity index (χ4v) is 4.41. The summed E-state index contributed by atoms with van der Waals surface area (Å²) in [5.41, 5.74) is 2.15. The topological polar surface area (TPSA) is 87.3 Å². The summed E-state index contributed by atoms with van der Waals surface area (Å²) in [5, 5.41) is 15.7. The number of hydrogen-bond donors (Lipinski definition) is 1. The van der Waals surface area contributed by atoms with Crippen molar-refractivity contribution in [1.82, 2.24) is 5.01 Å². The molecule has 0 radical (unpaired) electrons. The monoisotopic (exact) mass is 462 g/mol. The third-order valence-corrected chi connectivity index (χ3v) is 5.81. The van der Waals surface area contributed by atoms with Crippen molar-refractivity contribution < 1.29 is 14.3 Å². The van der Waals surface area contributed by atoms with Gasteiger partial charge < -0.3 is 9.47 Å². The lowest BCUT2D eigenvalue weighted by Crippen LogP contribution is -2.35. The van der Waals surface area contributed by atoms with Crippen LogP contribution >= 0.6 is 11.8 Å². The number of amides is 1. The zero-order valence-corrected chi connectivity index (χ0v) is 19.7. The predicted molar refractivity (Wildman–Crippen MR) is 133 cm³/mol. The highest BCUT2D eigenvalue weighted by atomic mass is 32.2. The van der Waals surface area contributed by atoms with Crippen LogP contribution in [0.3, 0.4) is 0 Å². The lowest BCUT2D eigenvalue weighted by atomic mass is 10.1. The molecule has 0 aliphatic carbocycles. The molecule has 0 saturated carbocycles. The Bertz CT molecular complexity index is 1150. The molecule has 33 heavy (non-hydrogen) atoms. The highest BCUT2D eigenvalue weighted by molar-refractivity contribution is 8.26. The molecule has 2 aromatic carbocycles. The summed E-state index contributed by atoms with van der Waals surface area (Å²) in [7, 11) is 0. The van der Waals surface area contributed by atoms with Crippen LogP contribution in [0.4, 0.5) is 0 Å². The van der Waals surface area contributed by atoms with Crippen molar-refractivity contribution in [3.05, 3.63) is 65.2 Å². The van der Waals surface area contributed by atoms with Crippen LogP contribution < -0.4 is 9.47 Å². The van der Waals surface area contributed by atoms with Crippen molar-refractivity contribution in [3.8, 4) is 11.5 Å². The standard InChI is InChI=1S/C25H26N4O3S/c1-16(2)13-22-28-29-23(26)21(24(30)27-25(29)33-22)15-18-7-9-19(10-8-18)31-11-12-32-20-6-4-5-17(3)14-20/h4-10,14-16,26H,11-13H2,1-3H3. The Morgan fingerprint density at radius 2 is 1.82 bits per heavy atom. The molecule has 2 aromatic rings. The Morgan fingerprint density at radius 1 is 1.09 bits per heavy atom. The molecule has 1 amide bonds. The summed E-state index contributed by atoms with van der Waals surface area (Å²) >= 11 is 1.36. The molecule has 8 heteroatoms.